The highest BCUT2D eigenvalue weighted by Gasteiger charge is 2.37. The summed E-state index contributed by atoms with van der Waals surface area (Å²) in [6, 6.07) is 16.6. The molecular formula is C41H44F3N9O5. The number of hydrogen-bond donors (Lipinski definition) is 4. The summed E-state index contributed by atoms with van der Waals surface area (Å²) >= 11 is 0. The highest BCUT2D eigenvalue weighted by Crippen LogP contribution is 2.40. The highest BCUT2D eigenvalue weighted by atomic mass is 19.4. The van der Waals surface area contributed by atoms with E-state index in [-0.39, 0.29) is 60.2 Å². The van der Waals surface area contributed by atoms with E-state index in [1.807, 2.05) is 45.0 Å². The number of para-hydroxylation sites is 1. The fraction of sp³-hybridized carbons (Fsp3) is 0.341. The van der Waals surface area contributed by atoms with Gasteiger partial charge in [0.15, 0.2) is 0 Å². The van der Waals surface area contributed by atoms with Crippen molar-refractivity contribution in [1.29, 1.82) is 0 Å². The molecule has 2 saturated heterocycles. The number of imide groups is 1. The Bertz CT molecular complexity index is 2260. The lowest BCUT2D eigenvalue weighted by Crippen LogP contribution is -2.56. The van der Waals surface area contributed by atoms with Crippen LogP contribution in [-0.4, -0.2) is 89.5 Å². The Morgan fingerprint density at radius 1 is 0.914 bits per heavy atom. The van der Waals surface area contributed by atoms with E-state index in [0.717, 1.165) is 54.8 Å². The zero-order chi connectivity index (χ0) is 41.3. The molecule has 5 amide bonds. The van der Waals surface area contributed by atoms with Crippen LogP contribution < -0.4 is 30.9 Å². The van der Waals surface area contributed by atoms with E-state index in [1.54, 1.807) is 18.2 Å². The first-order valence-corrected chi connectivity index (χ1v) is 18.9. The number of carbonyl (C=O) groups is 4. The molecule has 3 aromatic carbocycles. The second kappa shape index (κ2) is 16.2. The number of aryl methyl sites for hydroxylation is 1. The lowest BCUT2D eigenvalue weighted by atomic mass is 10.1. The van der Waals surface area contributed by atoms with Crippen LogP contribution in [0.4, 0.5) is 46.5 Å². The van der Waals surface area contributed by atoms with Gasteiger partial charge in [-0.15, -0.1) is 0 Å². The van der Waals surface area contributed by atoms with Crippen LogP contribution in [0.5, 0.6) is 5.75 Å². The summed E-state index contributed by atoms with van der Waals surface area (Å²) in [7, 11) is 1.45. The van der Waals surface area contributed by atoms with Gasteiger partial charge < -0.3 is 25.6 Å². The lowest BCUT2D eigenvalue weighted by molar-refractivity contribution is -0.137. The first-order valence-electron chi connectivity index (χ1n) is 18.9. The third-order valence-corrected chi connectivity index (χ3v) is 10.2. The summed E-state index contributed by atoms with van der Waals surface area (Å²) < 4.78 is 48.7. The lowest BCUT2D eigenvalue weighted by Gasteiger charge is -2.37. The van der Waals surface area contributed by atoms with Crippen molar-refractivity contribution in [3.8, 4) is 5.75 Å². The van der Waals surface area contributed by atoms with Crippen LogP contribution in [-0.2, 0) is 24.1 Å². The molecule has 7 rings (SSSR count). The standard InChI is InChI=1S/C41H44F3N9O5/c1-24(2)58-35-20-34(25(3)17-33(35)48-36-19-32(30(21-46-36)41(42,43)44)47-31-8-6-5-7-29(31)38(55)45-4)51-15-13-50(14-16-51)22-26-9-10-28-27(18-26)23-53(39(28)56)52-12-11-37(54)49-40(52)57/h5-10,17-21,24H,11-16,22-23H2,1-4H3,(H,45,55)(H2,46,47,48)(H,49,54,57). The van der Waals surface area contributed by atoms with Crippen LogP contribution in [0.25, 0.3) is 0 Å². The average Bonchev–Trinajstić information content (AvgIpc) is 3.50. The van der Waals surface area contributed by atoms with Crippen molar-refractivity contribution in [3.05, 3.63) is 100 Å². The number of benzene rings is 3. The van der Waals surface area contributed by atoms with Gasteiger partial charge in [-0.3, -0.25) is 24.6 Å². The number of aromatic nitrogens is 1. The minimum absolute atomic E-state index is 0.133. The van der Waals surface area contributed by atoms with Crippen LogP contribution in [0, 0.1) is 6.92 Å². The van der Waals surface area contributed by atoms with Crippen molar-refractivity contribution in [1.82, 2.24) is 30.5 Å². The Kier molecular flexibility index (Phi) is 11.2. The molecule has 304 valence electrons. The second-order valence-corrected chi connectivity index (χ2v) is 14.6. The summed E-state index contributed by atoms with van der Waals surface area (Å²) in [5.41, 5.74) is 3.96. The molecular weight excluding hydrogens is 756 g/mol. The van der Waals surface area contributed by atoms with Crippen molar-refractivity contribution < 1.29 is 37.1 Å². The Morgan fingerprint density at radius 3 is 2.38 bits per heavy atom. The van der Waals surface area contributed by atoms with Gasteiger partial charge in [-0.25, -0.2) is 19.8 Å². The topological polar surface area (TPSA) is 151 Å². The quantitative estimate of drug-likeness (QED) is 0.139. The van der Waals surface area contributed by atoms with Crippen LogP contribution >= 0.6 is 0 Å². The Labute approximate surface area is 333 Å². The molecule has 58 heavy (non-hydrogen) atoms. The molecule has 1 aromatic heterocycles. The molecule has 0 radical (unpaired) electrons. The monoisotopic (exact) mass is 799 g/mol. The molecule has 0 aliphatic carbocycles. The zero-order valence-corrected chi connectivity index (χ0v) is 32.5. The molecule has 2 fully saturated rings. The smallest absolute Gasteiger partial charge is 0.419 e. The van der Waals surface area contributed by atoms with E-state index in [9.17, 15) is 32.3 Å². The molecule has 14 nitrogen and oxygen atoms in total. The van der Waals surface area contributed by atoms with Gasteiger partial charge in [0, 0.05) is 75.8 Å². The molecule has 4 N–H and O–H groups in total. The third kappa shape index (κ3) is 8.49. The number of hydrogen-bond acceptors (Lipinski definition) is 10. The predicted octanol–water partition coefficient (Wildman–Crippen LogP) is 6.18. The second-order valence-electron chi connectivity index (χ2n) is 14.6. The number of rotatable bonds is 11. The van der Waals surface area contributed by atoms with E-state index < -0.39 is 23.7 Å². The number of hydrazine groups is 1. The van der Waals surface area contributed by atoms with Crippen molar-refractivity contribution in [2.45, 2.75) is 52.6 Å². The largest absolute Gasteiger partial charge is 0.489 e. The fourth-order valence-corrected chi connectivity index (χ4v) is 7.37. The molecule has 3 aliphatic heterocycles. The van der Waals surface area contributed by atoms with Crippen LogP contribution in [0.3, 0.4) is 0 Å². The molecule has 0 atom stereocenters. The summed E-state index contributed by atoms with van der Waals surface area (Å²) in [5.74, 6) is -0.429. The number of carbonyl (C=O) groups excluding carboxylic acids is 4. The molecule has 4 aromatic rings. The summed E-state index contributed by atoms with van der Waals surface area (Å²) in [6.07, 6.45) is -4.03. The maximum Gasteiger partial charge on any atom is 0.419 e. The first kappa shape index (κ1) is 39.9. The van der Waals surface area contributed by atoms with Gasteiger partial charge in [0.25, 0.3) is 11.8 Å². The number of nitrogens with one attached hydrogen (secondary N) is 4. The minimum Gasteiger partial charge on any atom is -0.489 e. The molecule has 4 heterocycles. The van der Waals surface area contributed by atoms with Gasteiger partial charge in [-0.2, -0.15) is 13.2 Å². The van der Waals surface area contributed by atoms with Crippen molar-refractivity contribution in [3.63, 3.8) is 0 Å². The van der Waals surface area contributed by atoms with E-state index in [2.05, 4.69) is 36.1 Å². The summed E-state index contributed by atoms with van der Waals surface area (Å²) in [4.78, 5) is 58.3. The van der Waals surface area contributed by atoms with Crippen molar-refractivity contribution >= 4 is 52.3 Å². The SMILES string of the molecule is CNC(=O)c1ccccc1Nc1cc(Nc2cc(C)c(N3CCN(Cc4ccc5c(c4)CN(N4CCC(=O)NC4=O)C5=O)CC3)cc2OC(C)C)ncc1C(F)(F)F. The molecule has 0 bridgehead atoms. The van der Waals surface area contributed by atoms with Crippen molar-refractivity contribution in [2.24, 2.45) is 0 Å². The van der Waals surface area contributed by atoms with Gasteiger partial charge in [-0.1, -0.05) is 24.3 Å². The molecule has 0 unspecified atom stereocenters. The van der Waals surface area contributed by atoms with Crippen LogP contribution in [0.15, 0.2) is 66.9 Å². The predicted molar refractivity (Wildman–Crippen MR) is 211 cm³/mol. The number of urea groups is 1. The Morgan fingerprint density at radius 2 is 1.67 bits per heavy atom. The zero-order valence-electron chi connectivity index (χ0n) is 32.5. The normalized spacial score (nSPS) is 16.1. The van der Waals surface area contributed by atoms with Gasteiger partial charge in [0.05, 0.1) is 47.4 Å². The number of fused-ring (bicyclic) bond motifs is 1. The van der Waals surface area contributed by atoms with E-state index >= 15 is 0 Å². The Hall–Kier alpha value is -6.36. The van der Waals surface area contributed by atoms with Gasteiger partial charge in [-0.05, 0) is 61.7 Å². The van der Waals surface area contributed by atoms with Gasteiger partial charge in [0.1, 0.15) is 11.6 Å². The Balaban J connectivity index is 1.04. The molecule has 3 aliphatic rings. The molecule has 0 spiro atoms. The van der Waals surface area contributed by atoms with E-state index in [0.29, 0.717) is 23.5 Å². The highest BCUT2D eigenvalue weighted by molar-refractivity contribution is 6.02. The number of piperazine rings is 1. The van der Waals surface area contributed by atoms with Crippen LogP contribution in [0.2, 0.25) is 0 Å². The van der Waals surface area contributed by atoms with E-state index in [4.69, 9.17) is 4.74 Å². The van der Waals surface area contributed by atoms with Gasteiger partial charge >= 0.3 is 12.2 Å². The maximum atomic E-state index is 14.2. The van der Waals surface area contributed by atoms with Crippen molar-refractivity contribution in [2.75, 3.05) is 55.3 Å². The number of amides is 5. The third-order valence-electron chi connectivity index (χ3n) is 10.2. The van der Waals surface area contributed by atoms with E-state index in [1.165, 1.54) is 35.3 Å². The van der Waals surface area contributed by atoms with Crippen LogP contribution in [0.1, 0.15) is 63.2 Å². The number of pyridine rings is 1. The van der Waals surface area contributed by atoms with Gasteiger partial charge in [0.2, 0.25) is 5.91 Å². The molecule has 0 saturated carbocycles. The average molecular weight is 800 g/mol. The number of nitrogens with zero attached hydrogens (tertiary/aromatic N) is 5. The fourth-order valence-electron chi connectivity index (χ4n) is 7.37. The summed E-state index contributed by atoms with van der Waals surface area (Å²) in [6.45, 7) is 9.80. The minimum atomic E-state index is -4.72. The molecule has 17 heteroatoms. The number of anilines is 5. The number of ether oxygens (including phenoxy) is 1. The maximum absolute atomic E-state index is 14.2. The first-order chi connectivity index (χ1) is 27.7. The summed E-state index contributed by atoms with van der Waals surface area (Å²) in [5, 5.41) is 13.4. The number of halogens is 3. The number of alkyl halides is 3.